The Morgan fingerprint density at radius 3 is 2.29 bits per heavy atom. The molecule has 5 rings (SSSR count). The summed E-state index contributed by atoms with van der Waals surface area (Å²) in [6, 6.07) is 11.2. The standard InChI is InChI=1S/C25H20ClN5O2S.C4H10O.C2H2/c1-13-10-20-23(22(17(13)11-21(32)33)15-4-6-16(26)7-5-15)34-25(30-20)19-8-9-27-24(29-19)18-12-28-31(3)14(18)2;1-4(2,3)5;1-2/h4-10,12H,11H2,1-3H3,(H,32,33);5H,1-3H3;1-2H. The van der Waals surface area contributed by atoms with Gasteiger partial charge >= 0.3 is 5.97 Å². The summed E-state index contributed by atoms with van der Waals surface area (Å²) in [5.74, 6) is -0.294. The number of aromatic nitrogens is 5. The fourth-order valence-corrected chi connectivity index (χ4v) is 5.21. The molecule has 0 atom stereocenters. The van der Waals surface area contributed by atoms with E-state index in [-0.39, 0.29) is 6.42 Å². The predicted octanol–water partition coefficient (Wildman–Crippen LogP) is 6.74. The van der Waals surface area contributed by atoms with Crippen molar-refractivity contribution in [1.29, 1.82) is 0 Å². The first-order valence-corrected chi connectivity index (χ1v) is 13.8. The number of aliphatic carboxylic acids is 1. The Balaban J connectivity index is 0.000000598. The van der Waals surface area contributed by atoms with E-state index in [1.807, 2.05) is 57.3 Å². The highest BCUT2D eigenvalue weighted by molar-refractivity contribution is 7.22. The lowest BCUT2D eigenvalue weighted by Crippen LogP contribution is -2.10. The van der Waals surface area contributed by atoms with Gasteiger partial charge in [0.25, 0.3) is 0 Å². The van der Waals surface area contributed by atoms with E-state index >= 15 is 0 Å². The van der Waals surface area contributed by atoms with Gasteiger partial charge < -0.3 is 10.2 Å². The molecule has 41 heavy (non-hydrogen) atoms. The van der Waals surface area contributed by atoms with Gasteiger partial charge in [0, 0.05) is 29.5 Å². The van der Waals surface area contributed by atoms with Crippen molar-refractivity contribution in [2.45, 2.75) is 46.6 Å². The van der Waals surface area contributed by atoms with Crippen molar-refractivity contribution >= 4 is 39.1 Å². The number of carboxylic acids is 1. The first kappa shape index (κ1) is 31.4. The first-order valence-electron chi connectivity index (χ1n) is 12.6. The minimum atomic E-state index is -0.880. The van der Waals surface area contributed by atoms with E-state index in [9.17, 15) is 9.90 Å². The lowest BCUT2D eigenvalue weighted by molar-refractivity contribution is -0.136. The summed E-state index contributed by atoms with van der Waals surface area (Å²) in [6.45, 7) is 9.12. The maximum absolute atomic E-state index is 11.7. The van der Waals surface area contributed by atoms with E-state index in [4.69, 9.17) is 26.7 Å². The second kappa shape index (κ2) is 13.0. The van der Waals surface area contributed by atoms with Crippen molar-refractivity contribution in [2.75, 3.05) is 0 Å². The van der Waals surface area contributed by atoms with Gasteiger partial charge in [0.05, 0.1) is 34.0 Å². The van der Waals surface area contributed by atoms with Gasteiger partial charge in [-0.1, -0.05) is 23.7 Å². The molecule has 0 radical (unpaired) electrons. The molecule has 0 spiro atoms. The van der Waals surface area contributed by atoms with Gasteiger partial charge in [-0.3, -0.25) is 9.48 Å². The number of hydrogen-bond acceptors (Lipinski definition) is 7. The molecular weight excluding hydrogens is 558 g/mol. The molecule has 8 nitrogen and oxygen atoms in total. The number of rotatable bonds is 5. The van der Waals surface area contributed by atoms with Gasteiger partial charge in [-0.2, -0.15) is 5.10 Å². The molecule has 0 aliphatic heterocycles. The normalized spacial score (nSPS) is 10.9. The number of fused-ring (bicyclic) bond motifs is 1. The molecule has 10 heteroatoms. The molecular formula is C31H32ClN5O3S. The molecule has 3 aromatic heterocycles. The third kappa shape index (κ3) is 7.76. The van der Waals surface area contributed by atoms with Crippen LogP contribution in [0.15, 0.2) is 48.8 Å². The number of carboxylic acid groups (broad SMARTS) is 1. The predicted molar refractivity (Wildman–Crippen MR) is 166 cm³/mol. The summed E-state index contributed by atoms with van der Waals surface area (Å²) in [5.41, 5.74) is 6.27. The number of hydrogen-bond donors (Lipinski definition) is 2. The van der Waals surface area contributed by atoms with Crippen molar-refractivity contribution in [1.82, 2.24) is 24.7 Å². The number of benzene rings is 2. The molecule has 2 aromatic carbocycles. The van der Waals surface area contributed by atoms with E-state index in [1.165, 1.54) is 11.3 Å². The fourth-order valence-electron chi connectivity index (χ4n) is 3.97. The van der Waals surface area contributed by atoms with E-state index in [2.05, 4.69) is 22.9 Å². The van der Waals surface area contributed by atoms with Gasteiger partial charge in [-0.25, -0.2) is 15.0 Å². The van der Waals surface area contributed by atoms with E-state index in [0.717, 1.165) is 48.7 Å². The molecule has 0 aliphatic carbocycles. The molecule has 2 N–H and O–H groups in total. The van der Waals surface area contributed by atoms with E-state index in [0.29, 0.717) is 16.5 Å². The Kier molecular flexibility index (Phi) is 10.00. The summed E-state index contributed by atoms with van der Waals surface area (Å²) in [6.07, 6.45) is 11.4. The summed E-state index contributed by atoms with van der Waals surface area (Å²) in [7, 11) is 1.88. The Morgan fingerprint density at radius 2 is 1.73 bits per heavy atom. The van der Waals surface area contributed by atoms with Crippen molar-refractivity contribution in [3.63, 3.8) is 0 Å². The fraction of sp³-hybridized carbons (Fsp3) is 0.258. The summed E-state index contributed by atoms with van der Waals surface area (Å²) >= 11 is 7.60. The average molecular weight is 590 g/mol. The zero-order chi connectivity index (χ0) is 30.5. The molecule has 0 amide bonds. The molecule has 0 unspecified atom stereocenters. The first-order chi connectivity index (χ1) is 19.3. The summed E-state index contributed by atoms with van der Waals surface area (Å²) in [5, 5.41) is 23.7. The zero-order valence-corrected chi connectivity index (χ0v) is 25.4. The Hall–Kier alpha value is -4.10. The highest BCUT2D eigenvalue weighted by Gasteiger charge is 2.20. The Labute approximate surface area is 248 Å². The van der Waals surface area contributed by atoms with Crippen molar-refractivity contribution in [3.8, 4) is 46.1 Å². The van der Waals surface area contributed by atoms with Gasteiger partial charge in [0.15, 0.2) is 5.82 Å². The Morgan fingerprint density at radius 1 is 1.10 bits per heavy atom. The molecule has 0 saturated heterocycles. The highest BCUT2D eigenvalue weighted by Crippen LogP contribution is 2.41. The summed E-state index contributed by atoms with van der Waals surface area (Å²) < 4.78 is 2.70. The molecule has 0 aliphatic rings. The smallest absolute Gasteiger partial charge is 0.307 e. The second-order valence-corrected chi connectivity index (χ2v) is 11.6. The van der Waals surface area contributed by atoms with Crippen molar-refractivity contribution in [3.05, 3.63) is 70.6 Å². The molecule has 5 aromatic rings. The number of aryl methyl sites for hydroxylation is 2. The maximum atomic E-state index is 11.7. The van der Waals surface area contributed by atoms with Crippen LogP contribution in [0.1, 0.15) is 37.6 Å². The monoisotopic (exact) mass is 589 g/mol. The lowest BCUT2D eigenvalue weighted by Gasteiger charge is -2.13. The van der Waals surface area contributed by atoms with Crippen LogP contribution in [0.4, 0.5) is 0 Å². The van der Waals surface area contributed by atoms with Crippen LogP contribution in [0.5, 0.6) is 0 Å². The zero-order valence-electron chi connectivity index (χ0n) is 23.8. The van der Waals surface area contributed by atoms with Crippen LogP contribution in [0, 0.1) is 26.7 Å². The van der Waals surface area contributed by atoms with Crippen LogP contribution in [0.25, 0.3) is 43.4 Å². The molecule has 3 heterocycles. The topological polar surface area (TPSA) is 114 Å². The second-order valence-electron chi connectivity index (χ2n) is 10.2. The van der Waals surface area contributed by atoms with Crippen LogP contribution in [-0.4, -0.2) is 46.5 Å². The van der Waals surface area contributed by atoms with Gasteiger partial charge in [0.1, 0.15) is 10.7 Å². The third-order valence-electron chi connectivity index (χ3n) is 5.82. The molecule has 0 bridgehead atoms. The largest absolute Gasteiger partial charge is 0.481 e. The van der Waals surface area contributed by atoms with E-state index in [1.54, 1.807) is 37.8 Å². The van der Waals surface area contributed by atoms with Gasteiger partial charge in [0.2, 0.25) is 0 Å². The van der Waals surface area contributed by atoms with Crippen LogP contribution in [0.3, 0.4) is 0 Å². The van der Waals surface area contributed by atoms with Crippen molar-refractivity contribution < 1.29 is 15.0 Å². The number of carbonyl (C=O) groups is 1. The maximum Gasteiger partial charge on any atom is 0.307 e. The lowest BCUT2D eigenvalue weighted by atomic mass is 9.93. The van der Waals surface area contributed by atoms with E-state index < -0.39 is 11.6 Å². The minimum absolute atomic E-state index is 0.0785. The van der Waals surface area contributed by atoms with Crippen LogP contribution in [0.2, 0.25) is 5.02 Å². The minimum Gasteiger partial charge on any atom is -0.481 e. The number of aliphatic hydroxyl groups is 1. The van der Waals surface area contributed by atoms with Gasteiger partial charge in [-0.05, 0) is 75.6 Å². The number of nitrogens with zero attached hydrogens (tertiary/aromatic N) is 5. The van der Waals surface area contributed by atoms with Crippen LogP contribution >= 0.6 is 22.9 Å². The molecule has 212 valence electrons. The number of terminal acetylenes is 1. The average Bonchev–Trinajstić information content (AvgIpc) is 3.48. The SMILES string of the molecule is C#C.CC(C)(C)O.Cc1cc2nc(-c3ccnc(-c4cnn(C)c4C)n3)sc2c(-c2ccc(Cl)cc2)c1CC(=O)O. The quantitative estimate of drug-likeness (QED) is 0.218. The Bertz CT molecular complexity index is 1690. The van der Waals surface area contributed by atoms with Crippen LogP contribution in [-0.2, 0) is 18.3 Å². The highest BCUT2D eigenvalue weighted by atomic mass is 35.5. The number of thiazole rings is 1. The molecule has 0 saturated carbocycles. The third-order valence-corrected chi connectivity index (χ3v) is 7.19. The van der Waals surface area contributed by atoms with Crippen molar-refractivity contribution in [2.24, 2.45) is 7.05 Å². The van der Waals surface area contributed by atoms with Crippen LogP contribution < -0.4 is 0 Å². The van der Waals surface area contributed by atoms with Gasteiger partial charge in [-0.15, -0.1) is 24.2 Å². The molecule has 0 fully saturated rings. The number of halogens is 1. The summed E-state index contributed by atoms with van der Waals surface area (Å²) in [4.78, 5) is 25.7.